The molecule has 0 atom stereocenters. The van der Waals surface area contributed by atoms with Crippen molar-refractivity contribution >= 4 is 23.2 Å². The van der Waals surface area contributed by atoms with Crippen molar-refractivity contribution in [3.8, 4) is 5.75 Å². The molecule has 0 aliphatic carbocycles. The van der Waals surface area contributed by atoms with E-state index in [9.17, 15) is 9.59 Å². The van der Waals surface area contributed by atoms with Gasteiger partial charge >= 0.3 is 0 Å². The van der Waals surface area contributed by atoms with Crippen LogP contribution in [0, 0.1) is 5.92 Å². The summed E-state index contributed by atoms with van der Waals surface area (Å²) in [6, 6.07) is 14.4. The second kappa shape index (κ2) is 11.4. The van der Waals surface area contributed by atoms with Crippen LogP contribution in [0.2, 0.25) is 0 Å². The number of hydrogen-bond acceptors (Lipinski definition) is 4. The van der Waals surface area contributed by atoms with E-state index in [-0.39, 0.29) is 11.8 Å². The van der Waals surface area contributed by atoms with Crippen molar-refractivity contribution in [2.45, 2.75) is 40.7 Å². The van der Waals surface area contributed by atoms with Crippen LogP contribution in [0.5, 0.6) is 5.75 Å². The van der Waals surface area contributed by atoms with Crippen molar-refractivity contribution in [1.82, 2.24) is 4.90 Å². The molecule has 6 heteroatoms. The second-order valence-corrected chi connectivity index (χ2v) is 7.95. The van der Waals surface area contributed by atoms with Crippen LogP contribution >= 0.6 is 0 Å². The summed E-state index contributed by atoms with van der Waals surface area (Å²) in [5.41, 5.74) is 1.89. The van der Waals surface area contributed by atoms with E-state index in [0.717, 1.165) is 12.3 Å². The Bertz CT molecular complexity index is 815. The summed E-state index contributed by atoms with van der Waals surface area (Å²) in [4.78, 5) is 27.0. The monoisotopic (exact) mass is 411 g/mol. The molecular weight excluding hydrogens is 378 g/mol. The van der Waals surface area contributed by atoms with Gasteiger partial charge in [0, 0.05) is 29.5 Å². The quantitative estimate of drug-likeness (QED) is 0.597. The number of nitrogens with one attached hydrogen (secondary N) is 2. The van der Waals surface area contributed by atoms with Gasteiger partial charge in [0.2, 0.25) is 5.91 Å². The maximum atomic E-state index is 12.4. The zero-order valence-corrected chi connectivity index (χ0v) is 18.6. The summed E-state index contributed by atoms with van der Waals surface area (Å²) in [7, 11) is 0. The lowest BCUT2D eigenvalue weighted by molar-refractivity contribution is -0.117. The Morgan fingerprint density at radius 3 is 2.00 bits per heavy atom. The molecule has 2 rings (SSSR count). The van der Waals surface area contributed by atoms with Gasteiger partial charge in [0.1, 0.15) is 5.75 Å². The molecule has 2 aromatic rings. The first-order valence-corrected chi connectivity index (χ1v) is 10.5. The van der Waals surface area contributed by atoms with Crippen LogP contribution in [0.4, 0.5) is 11.4 Å². The standard InChI is InChI=1S/C24H33N3O3/c1-6-30-22-13-11-21(12-14-22)26-24(29)19-7-9-20(10-8-19)25-23(28)16-27(18(4)5)15-17(2)3/h7-14,17-18H,6,15-16H2,1-5H3,(H,25,28)(H,26,29). The highest BCUT2D eigenvalue weighted by molar-refractivity contribution is 6.04. The molecule has 0 saturated heterocycles. The average Bonchev–Trinajstić information content (AvgIpc) is 2.69. The minimum Gasteiger partial charge on any atom is -0.494 e. The van der Waals surface area contributed by atoms with Crippen LogP contribution in [0.25, 0.3) is 0 Å². The van der Waals surface area contributed by atoms with Gasteiger partial charge in [0.15, 0.2) is 0 Å². The number of carbonyl (C=O) groups excluding carboxylic acids is 2. The molecule has 162 valence electrons. The first kappa shape index (κ1) is 23.4. The number of nitrogens with zero attached hydrogens (tertiary/aromatic N) is 1. The van der Waals surface area contributed by atoms with Gasteiger partial charge in [-0.2, -0.15) is 0 Å². The molecule has 0 saturated carbocycles. The fraction of sp³-hybridized carbons (Fsp3) is 0.417. The Morgan fingerprint density at radius 2 is 1.47 bits per heavy atom. The van der Waals surface area contributed by atoms with E-state index >= 15 is 0 Å². The topological polar surface area (TPSA) is 70.7 Å². The van der Waals surface area contributed by atoms with Gasteiger partial charge in [-0.3, -0.25) is 14.5 Å². The summed E-state index contributed by atoms with van der Waals surface area (Å²) in [6.45, 7) is 12.2. The summed E-state index contributed by atoms with van der Waals surface area (Å²) in [6.07, 6.45) is 0. The van der Waals surface area contributed by atoms with Gasteiger partial charge < -0.3 is 15.4 Å². The smallest absolute Gasteiger partial charge is 0.255 e. The molecular formula is C24H33N3O3. The Kier molecular flexibility index (Phi) is 8.87. The lowest BCUT2D eigenvalue weighted by Crippen LogP contribution is -2.40. The molecule has 0 aliphatic heterocycles. The Hall–Kier alpha value is -2.86. The number of carbonyl (C=O) groups is 2. The maximum absolute atomic E-state index is 12.4. The molecule has 2 amide bonds. The van der Waals surface area contributed by atoms with Crippen LogP contribution in [0.15, 0.2) is 48.5 Å². The van der Waals surface area contributed by atoms with Crippen molar-refractivity contribution in [3.63, 3.8) is 0 Å². The molecule has 0 spiro atoms. The van der Waals surface area contributed by atoms with Crippen molar-refractivity contribution in [2.24, 2.45) is 5.92 Å². The molecule has 2 N–H and O–H groups in total. The first-order chi connectivity index (χ1) is 14.3. The van der Waals surface area contributed by atoms with Gasteiger partial charge in [0.25, 0.3) is 5.91 Å². The van der Waals surface area contributed by atoms with Gasteiger partial charge in [-0.1, -0.05) is 13.8 Å². The van der Waals surface area contributed by atoms with E-state index in [1.54, 1.807) is 36.4 Å². The van der Waals surface area contributed by atoms with Gasteiger partial charge in [-0.05, 0) is 75.2 Å². The lowest BCUT2D eigenvalue weighted by atomic mass is 10.1. The predicted molar refractivity (Wildman–Crippen MR) is 122 cm³/mol. The molecule has 30 heavy (non-hydrogen) atoms. The number of ether oxygens (including phenoxy) is 1. The van der Waals surface area contributed by atoms with Crippen molar-refractivity contribution in [1.29, 1.82) is 0 Å². The molecule has 0 radical (unpaired) electrons. The van der Waals surface area contributed by atoms with Gasteiger partial charge in [-0.25, -0.2) is 0 Å². The Morgan fingerprint density at radius 1 is 0.900 bits per heavy atom. The summed E-state index contributed by atoms with van der Waals surface area (Å²) < 4.78 is 5.40. The van der Waals surface area contributed by atoms with Crippen molar-refractivity contribution in [2.75, 3.05) is 30.3 Å². The molecule has 0 heterocycles. The van der Waals surface area contributed by atoms with Crippen molar-refractivity contribution < 1.29 is 14.3 Å². The molecule has 0 aromatic heterocycles. The molecule has 6 nitrogen and oxygen atoms in total. The second-order valence-electron chi connectivity index (χ2n) is 7.95. The third-order valence-corrected chi connectivity index (χ3v) is 4.53. The zero-order chi connectivity index (χ0) is 22.1. The number of benzene rings is 2. The third kappa shape index (κ3) is 7.52. The minimum absolute atomic E-state index is 0.0593. The van der Waals surface area contributed by atoms with E-state index in [4.69, 9.17) is 4.74 Å². The average molecular weight is 412 g/mol. The normalized spacial score (nSPS) is 11.1. The van der Waals surface area contributed by atoms with E-state index in [0.29, 0.717) is 42.0 Å². The van der Waals surface area contributed by atoms with Crippen LogP contribution in [-0.2, 0) is 4.79 Å². The summed E-state index contributed by atoms with van der Waals surface area (Å²) >= 11 is 0. The highest BCUT2D eigenvalue weighted by Crippen LogP contribution is 2.17. The van der Waals surface area contributed by atoms with E-state index in [2.05, 4.69) is 43.2 Å². The zero-order valence-electron chi connectivity index (χ0n) is 18.6. The minimum atomic E-state index is -0.208. The fourth-order valence-corrected chi connectivity index (χ4v) is 3.02. The molecule has 2 aromatic carbocycles. The molecule has 0 unspecified atom stereocenters. The largest absolute Gasteiger partial charge is 0.494 e. The van der Waals surface area contributed by atoms with Crippen LogP contribution in [0.3, 0.4) is 0 Å². The number of anilines is 2. The fourth-order valence-electron chi connectivity index (χ4n) is 3.02. The summed E-state index contributed by atoms with van der Waals surface area (Å²) in [5.74, 6) is 0.990. The van der Waals surface area contributed by atoms with Crippen LogP contribution in [-0.4, -0.2) is 42.5 Å². The highest BCUT2D eigenvalue weighted by Gasteiger charge is 2.15. The predicted octanol–water partition coefficient (Wildman–Crippen LogP) is 4.64. The SMILES string of the molecule is CCOc1ccc(NC(=O)c2ccc(NC(=O)CN(CC(C)C)C(C)C)cc2)cc1. The maximum Gasteiger partial charge on any atom is 0.255 e. The molecule has 0 fully saturated rings. The van der Waals surface area contributed by atoms with E-state index in [1.807, 2.05) is 19.1 Å². The van der Waals surface area contributed by atoms with E-state index in [1.165, 1.54) is 0 Å². The molecule has 0 aliphatic rings. The van der Waals surface area contributed by atoms with Crippen LogP contribution < -0.4 is 15.4 Å². The number of rotatable bonds is 10. The molecule has 0 bridgehead atoms. The summed E-state index contributed by atoms with van der Waals surface area (Å²) in [5, 5.41) is 5.76. The Balaban J connectivity index is 1.92. The van der Waals surface area contributed by atoms with Crippen molar-refractivity contribution in [3.05, 3.63) is 54.1 Å². The van der Waals surface area contributed by atoms with Gasteiger partial charge in [0.05, 0.1) is 13.2 Å². The number of hydrogen-bond donors (Lipinski definition) is 2. The van der Waals surface area contributed by atoms with Gasteiger partial charge in [-0.15, -0.1) is 0 Å². The highest BCUT2D eigenvalue weighted by atomic mass is 16.5. The van der Waals surface area contributed by atoms with E-state index < -0.39 is 0 Å². The Labute approximate surface area is 179 Å². The first-order valence-electron chi connectivity index (χ1n) is 10.5. The third-order valence-electron chi connectivity index (χ3n) is 4.53. The lowest BCUT2D eigenvalue weighted by Gasteiger charge is -2.27. The van der Waals surface area contributed by atoms with Crippen LogP contribution in [0.1, 0.15) is 45.0 Å². The number of amides is 2.